The molecule has 0 spiro atoms. The van der Waals surface area contributed by atoms with Crippen LogP contribution in [-0.2, 0) is 4.79 Å². The molecule has 120 valence electrons. The van der Waals surface area contributed by atoms with Gasteiger partial charge in [0.25, 0.3) is 5.91 Å². The molecule has 1 atom stereocenters. The minimum Gasteiger partial charge on any atom is -0.508 e. The lowest BCUT2D eigenvalue weighted by molar-refractivity contribution is -0.127. The molecule has 5 nitrogen and oxygen atoms in total. The molecule has 0 saturated carbocycles. The van der Waals surface area contributed by atoms with E-state index in [4.69, 9.17) is 16.3 Å². The second-order valence-corrected chi connectivity index (χ2v) is 5.44. The zero-order valence-electron chi connectivity index (χ0n) is 12.8. The average Bonchev–Trinajstić information content (AvgIpc) is 2.50. The van der Waals surface area contributed by atoms with Gasteiger partial charge in [0.2, 0.25) is 0 Å². The summed E-state index contributed by atoms with van der Waals surface area (Å²) in [6.07, 6.45) is 0.730. The SMILES string of the molecule is Cc1cc(Cl)ccc1OC(C)C(=O)NN=Cc1cccc(O)c1. The van der Waals surface area contributed by atoms with Crippen molar-refractivity contribution in [1.82, 2.24) is 5.43 Å². The fourth-order valence-electron chi connectivity index (χ4n) is 1.86. The molecule has 1 unspecified atom stereocenters. The van der Waals surface area contributed by atoms with E-state index in [1.807, 2.05) is 6.92 Å². The molecule has 2 aromatic rings. The van der Waals surface area contributed by atoms with Crippen LogP contribution in [0.3, 0.4) is 0 Å². The number of carbonyl (C=O) groups excluding carboxylic acids is 1. The van der Waals surface area contributed by atoms with Gasteiger partial charge < -0.3 is 9.84 Å². The van der Waals surface area contributed by atoms with Crippen LogP contribution < -0.4 is 10.2 Å². The minimum atomic E-state index is -0.712. The molecule has 0 aliphatic carbocycles. The Morgan fingerprint density at radius 1 is 1.35 bits per heavy atom. The third-order valence-electron chi connectivity index (χ3n) is 3.07. The van der Waals surface area contributed by atoms with Crippen LogP contribution in [0.2, 0.25) is 5.02 Å². The number of ether oxygens (including phenoxy) is 1. The molecular weight excluding hydrogens is 316 g/mol. The molecule has 2 rings (SSSR count). The summed E-state index contributed by atoms with van der Waals surface area (Å²) in [4.78, 5) is 12.0. The lowest BCUT2D eigenvalue weighted by atomic mass is 10.2. The first kappa shape index (κ1) is 16.8. The zero-order valence-corrected chi connectivity index (χ0v) is 13.5. The van der Waals surface area contributed by atoms with E-state index in [0.29, 0.717) is 16.3 Å². The van der Waals surface area contributed by atoms with Crippen LogP contribution in [-0.4, -0.2) is 23.3 Å². The molecule has 2 N–H and O–H groups in total. The monoisotopic (exact) mass is 332 g/mol. The molecular formula is C17H17ClN2O3. The van der Waals surface area contributed by atoms with Gasteiger partial charge in [-0.2, -0.15) is 5.10 Å². The number of benzene rings is 2. The van der Waals surface area contributed by atoms with Crippen molar-refractivity contribution in [3.8, 4) is 11.5 Å². The number of phenolic OH excluding ortho intramolecular Hbond substituents is 1. The van der Waals surface area contributed by atoms with Crippen LogP contribution in [0.15, 0.2) is 47.6 Å². The number of rotatable bonds is 5. The number of phenols is 1. The Balaban J connectivity index is 1.92. The molecule has 0 radical (unpaired) electrons. The first-order valence-corrected chi connectivity index (χ1v) is 7.38. The summed E-state index contributed by atoms with van der Waals surface area (Å²) >= 11 is 5.88. The standard InChI is InChI=1S/C17H17ClN2O3/c1-11-8-14(18)6-7-16(11)23-12(2)17(22)20-19-10-13-4-3-5-15(21)9-13/h3-10,12,21H,1-2H3,(H,20,22). The van der Waals surface area contributed by atoms with Gasteiger partial charge in [0.15, 0.2) is 6.10 Å². The second-order valence-electron chi connectivity index (χ2n) is 5.00. The highest BCUT2D eigenvalue weighted by Gasteiger charge is 2.15. The van der Waals surface area contributed by atoms with Gasteiger partial charge in [-0.25, -0.2) is 5.43 Å². The number of hydrogen-bond acceptors (Lipinski definition) is 4. The summed E-state index contributed by atoms with van der Waals surface area (Å²) in [6, 6.07) is 11.7. The minimum absolute atomic E-state index is 0.134. The van der Waals surface area contributed by atoms with E-state index in [2.05, 4.69) is 10.5 Å². The first-order valence-electron chi connectivity index (χ1n) is 7.00. The Morgan fingerprint density at radius 2 is 2.13 bits per heavy atom. The maximum Gasteiger partial charge on any atom is 0.280 e. The van der Waals surface area contributed by atoms with Gasteiger partial charge in [-0.15, -0.1) is 0 Å². The second kappa shape index (κ2) is 7.65. The summed E-state index contributed by atoms with van der Waals surface area (Å²) in [6.45, 7) is 3.49. The Bertz CT molecular complexity index is 732. The van der Waals surface area contributed by atoms with Gasteiger partial charge in [-0.05, 0) is 55.3 Å². The molecule has 0 heterocycles. The number of nitrogens with one attached hydrogen (secondary N) is 1. The molecule has 0 aromatic heterocycles. The maximum absolute atomic E-state index is 12.0. The van der Waals surface area contributed by atoms with E-state index in [-0.39, 0.29) is 11.7 Å². The van der Waals surface area contributed by atoms with Crippen molar-refractivity contribution in [2.24, 2.45) is 5.10 Å². The molecule has 6 heteroatoms. The summed E-state index contributed by atoms with van der Waals surface area (Å²) in [5.41, 5.74) is 3.92. The van der Waals surface area contributed by atoms with E-state index >= 15 is 0 Å². The highest BCUT2D eigenvalue weighted by molar-refractivity contribution is 6.30. The van der Waals surface area contributed by atoms with Crippen molar-refractivity contribution in [3.05, 3.63) is 58.6 Å². The van der Waals surface area contributed by atoms with Gasteiger partial charge in [0.1, 0.15) is 11.5 Å². The fourth-order valence-corrected chi connectivity index (χ4v) is 2.08. The number of aryl methyl sites for hydroxylation is 1. The van der Waals surface area contributed by atoms with Crippen LogP contribution in [0, 0.1) is 6.92 Å². The molecule has 1 amide bonds. The average molecular weight is 333 g/mol. The van der Waals surface area contributed by atoms with E-state index in [9.17, 15) is 9.90 Å². The van der Waals surface area contributed by atoms with Gasteiger partial charge in [-0.3, -0.25) is 4.79 Å². The number of carbonyl (C=O) groups is 1. The van der Waals surface area contributed by atoms with Gasteiger partial charge in [-0.1, -0.05) is 23.7 Å². The topological polar surface area (TPSA) is 70.9 Å². The van der Waals surface area contributed by atoms with Crippen molar-refractivity contribution in [1.29, 1.82) is 0 Å². The van der Waals surface area contributed by atoms with Crippen LogP contribution in [0.5, 0.6) is 11.5 Å². The Labute approximate surface area is 139 Å². The molecule has 0 aliphatic rings. The van der Waals surface area contributed by atoms with Crippen molar-refractivity contribution in [2.45, 2.75) is 20.0 Å². The number of aromatic hydroxyl groups is 1. The van der Waals surface area contributed by atoms with E-state index in [1.54, 1.807) is 43.3 Å². The molecule has 0 bridgehead atoms. The number of hydrazone groups is 1. The summed E-state index contributed by atoms with van der Waals surface area (Å²) in [7, 11) is 0. The molecule has 0 aliphatic heterocycles. The lowest BCUT2D eigenvalue weighted by Crippen LogP contribution is -2.33. The highest BCUT2D eigenvalue weighted by atomic mass is 35.5. The highest BCUT2D eigenvalue weighted by Crippen LogP contribution is 2.22. The number of hydrogen-bond donors (Lipinski definition) is 2. The zero-order chi connectivity index (χ0) is 16.8. The summed E-state index contributed by atoms with van der Waals surface area (Å²) in [5.74, 6) is 0.347. The Hall–Kier alpha value is -2.53. The third kappa shape index (κ3) is 5.00. The van der Waals surface area contributed by atoms with Crippen LogP contribution in [0.25, 0.3) is 0 Å². The number of halogens is 1. The van der Waals surface area contributed by atoms with Crippen molar-refractivity contribution < 1.29 is 14.6 Å². The normalized spacial score (nSPS) is 12.1. The molecule has 0 saturated heterocycles. The summed E-state index contributed by atoms with van der Waals surface area (Å²) in [5, 5.41) is 13.8. The molecule has 0 fully saturated rings. The van der Waals surface area contributed by atoms with Gasteiger partial charge in [0, 0.05) is 5.02 Å². The lowest BCUT2D eigenvalue weighted by Gasteiger charge is -2.14. The molecule has 2 aromatic carbocycles. The van der Waals surface area contributed by atoms with Crippen molar-refractivity contribution in [3.63, 3.8) is 0 Å². The maximum atomic E-state index is 12.0. The first-order chi connectivity index (χ1) is 11.0. The van der Waals surface area contributed by atoms with E-state index < -0.39 is 6.10 Å². The number of amides is 1. The predicted octanol–water partition coefficient (Wildman–Crippen LogP) is 3.27. The molecule has 23 heavy (non-hydrogen) atoms. The van der Waals surface area contributed by atoms with E-state index in [1.165, 1.54) is 12.3 Å². The van der Waals surface area contributed by atoms with Crippen LogP contribution in [0.4, 0.5) is 0 Å². The Morgan fingerprint density at radius 3 is 2.83 bits per heavy atom. The van der Waals surface area contributed by atoms with Crippen LogP contribution in [0.1, 0.15) is 18.1 Å². The van der Waals surface area contributed by atoms with Crippen LogP contribution >= 0.6 is 11.6 Å². The van der Waals surface area contributed by atoms with E-state index in [0.717, 1.165) is 5.56 Å². The third-order valence-corrected chi connectivity index (χ3v) is 3.30. The fraction of sp³-hybridized carbons (Fsp3) is 0.176. The van der Waals surface area contributed by atoms with Crippen molar-refractivity contribution >= 4 is 23.7 Å². The quantitative estimate of drug-likeness (QED) is 0.652. The van der Waals surface area contributed by atoms with Gasteiger partial charge >= 0.3 is 0 Å². The Kier molecular flexibility index (Phi) is 5.60. The van der Waals surface area contributed by atoms with Crippen molar-refractivity contribution in [2.75, 3.05) is 0 Å². The van der Waals surface area contributed by atoms with Gasteiger partial charge in [0.05, 0.1) is 6.21 Å². The smallest absolute Gasteiger partial charge is 0.280 e. The predicted molar refractivity (Wildman–Crippen MR) is 90.1 cm³/mol. The number of nitrogens with zero attached hydrogens (tertiary/aromatic N) is 1. The largest absolute Gasteiger partial charge is 0.508 e. The summed E-state index contributed by atoms with van der Waals surface area (Å²) < 4.78 is 5.60.